The van der Waals surface area contributed by atoms with Crippen LogP contribution in [0.5, 0.6) is 0 Å². The van der Waals surface area contributed by atoms with Crippen LogP contribution in [0.25, 0.3) is 5.69 Å². The molecule has 0 spiro atoms. The zero-order valence-electron chi connectivity index (χ0n) is 9.15. The fourth-order valence-corrected chi connectivity index (χ4v) is 1.92. The molecule has 0 unspecified atom stereocenters. The van der Waals surface area contributed by atoms with Gasteiger partial charge in [0.25, 0.3) is 0 Å². The molecule has 0 aliphatic carbocycles. The second kappa shape index (κ2) is 4.68. The summed E-state index contributed by atoms with van der Waals surface area (Å²) in [5.74, 6) is 0.927. The molecule has 0 aliphatic heterocycles. The second-order valence-electron chi connectivity index (χ2n) is 3.64. The average molecular weight is 236 g/mol. The first-order chi connectivity index (χ1) is 7.72. The summed E-state index contributed by atoms with van der Waals surface area (Å²) < 4.78 is 1.99. The van der Waals surface area contributed by atoms with Gasteiger partial charge in [-0.1, -0.05) is 23.7 Å². The number of hydrogen-bond donors (Lipinski definition) is 1. The Kier molecular flexibility index (Phi) is 3.27. The summed E-state index contributed by atoms with van der Waals surface area (Å²) in [5.41, 5.74) is 7.47. The maximum absolute atomic E-state index is 6.14. The molecule has 0 saturated carbocycles. The molecule has 0 bridgehead atoms. The quantitative estimate of drug-likeness (QED) is 0.888. The van der Waals surface area contributed by atoms with Crippen molar-refractivity contribution in [3.63, 3.8) is 0 Å². The molecule has 0 amide bonds. The number of aryl methyl sites for hydroxylation is 1. The molecule has 16 heavy (non-hydrogen) atoms. The minimum absolute atomic E-state index is 0.610. The summed E-state index contributed by atoms with van der Waals surface area (Å²) in [6.45, 7) is 2.57. The lowest BCUT2D eigenvalue weighted by atomic mass is 10.3. The zero-order valence-corrected chi connectivity index (χ0v) is 9.91. The smallest absolute Gasteiger partial charge is 0.110 e. The van der Waals surface area contributed by atoms with E-state index in [9.17, 15) is 0 Å². The van der Waals surface area contributed by atoms with E-state index in [1.807, 2.05) is 42.0 Å². The number of imidazole rings is 1. The molecular formula is C12H14ClN3. The van der Waals surface area contributed by atoms with Crippen molar-refractivity contribution in [3.8, 4) is 5.69 Å². The van der Waals surface area contributed by atoms with Crippen LogP contribution in [0, 0.1) is 6.92 Å². The summed E-state index contributed by atoms with van der Waals surface area (Å²) in [6.07, 6.45) is 2.78. The molecule has 0 atom stereocenters. The van der Waals surface area contributed by atoms with Crippen molar-refractivity contribution >= 4 is 11.6 Å². The van der Waals surface area contributed by atoms with Crippen LogP contribution in [0.4, 0.5) is 0 Å². The number of hydrogen-bond acceptors (Lipinski definition) is 2. The minimum atomic E-state index is 0.610. The van der Waals surface area contributed by atoms with Gasteiger partial charge >= 0.3 is 0 Å². The molecule has 1 aromatic heterocycles. The number of nitrogens with two attached hydrogens (primary N) is 1. The fraction of sp³-hybridized carbons (Fsp3) is 0.250. The SMILES string of the molecule is Cc1nc(CCN)cn1-c1ccccc1Cl. The van der Waals surface area contributed by atoms with Gasteiger partial charge in [-0.15, -0.1) is 0 Å². The fourth-order valence-electron chi connectivity index (χ4n) is 1.69. The third-order valence-corrected chi connectivity index (χ3v) is 2.76. The van der Waals surface area contributed by atoms with Gasteiger partial charge in [-0.3, -0.25) is 0 Å². The second-order valence-corrected chi connectivity index (χ2v) is 4.05. The topological polar surface area (TPSA) is 43.8 Å². The van der Waals surface area contributed by atoms with Crippen LogP contribution >= 0.6 is 11.6 Å². The summed E-state index contributed by atoms with van der Waals surface area (Å²) in [5, 5.41) is 0.724. The lowest BCUT2D eigenvalue weighted by molar-refractivity contribution is 0.928. The lowest BCUT2D eigenvalue weighted by Gasteiger charge is -2.06. The maximum Gasteiger partial charge on any atom is 0.110 e. The Hall–Kier alpha value is -1.32. The van der Waals surface area contributed by atoms with Gasteiger partial charge in [-0.2, -0.15) is 0 Å². The van der Waals surface area contributed by atoms with Crippen LogP contribution < -0.4 is 5.73 Å². The molecular weight excluding hydrogens is 222 g/mol. The first kappa shape index (κ1) is 11.2. The van der Waals surface area contributed by atoms with Crippen LogP contribution in [0.15, 0.2) is 30.5 Å². The molecule has 4 heteroatoms. The molecule has 0 aliphatic rings. The zero-order chi connectivity index (χ0) is 11.5. The molecule has 0 radical (unpaired) electrons. The van der Waals surface area contributed by atoms with Crippen molar-refractivity contribution in [2.75, 3.05) is 6.54 Å². The average Bonchev–Trinajstić information content (AvgIpc) is 2.61. The van der Waals surface area contributed by atoms with E-state index >= 15 is 0 Å². The van der Waals surface area contributed by atoms with E-state index in [0.29, 0.717) is 6.54 Å². The first-order valence-electron chi connectivity index (χ1n) is 5.22. The van der Waals surface area contributed by atoms with Crippen LogP contribution in [0.2, 0.25) is 5.02 Å². The Morgan fingerprint density at radius 1 is 1.38 bits per heavy atom. The highest BCUT2D eigenvalue weighted by Crippen LogP contribution is 2.21. The predicted molar refractivity (Wildman–Crippen MR) is 66.1 cm³/mol. The van der Waals surface area contributed by atoms with Crippen molar-refractivity contribution in [2.24, 2.45) is 5.73 Å². The largest absolute Gasteiger partial charge is 0.330 e. The molecule has 2 aromatic rings. The summed E-state index contributed by atoms with van der Waals surface area (Å²) >= 11 is 6.14. The van der Waals surface area contributed by atoms with Gasteiger partial charge in [0.1, 0.15) is 5.82 Å². The Labute approximate surface area is 99.9 Å². The Morgan fingerprint density at radius 3 is 2.81 bits per heavy atom. The lowest BCUT2D eigenvalue weighted by Crippen LogP contribution is -2.02. The van der Waals surface area contributed by atoms with E-state index in [-0.39, 0.29) is 0 Å². The van der Waals surface area contributed by atoms with Gasteiger partial charge in [0.05, 0.1) is 16.4 Å². The highest BCUT2D eigenvalue weighted by molar-refractivity contribution is 6.32. The molecule has 0 fully saturated rings. The molecule has 2 N–H and O–H groups in total. The third kappa shape index (κ3) is 2.10. The highest BCUT2D eigenvalue weighted by atomic mass is 35.5. The molecule has 1 heterocycles. The summed E-state index contributed by atoms with van der Waals surface area (Å²) in [6, 6.07) is 7.73. The van der Waals surface area contributed by atoms with E-state index in [4.69, 9.17) is 17.3 Å². The van der Waals surface area contributed by atoms with Crippen molar-refractivity contribution in [1.82, 2.24) is 9.55 Å². The predicted octanol–water partition coefficient (Wildman–Crippen LogP) is 2.34. The molecule has 3 nitrogen and oxygen atoms in total. The third-order valence-electron chi connectivity index (χ3n) is 2.44. The van der Waals surface area contributed by atoms with Gasteiger partial charge < -0.3 is 10.3 Å². The first-order valence-corrected chi connectivity index (χ1v) is 5.60. The van der Waals surface area contributed by atoms with Gasteiger partial charge in [-0.05, 0) is 25.6 Å². The number of nitrogens with zero attached hydrogens (tertiary/aromatic N) is 2. The van der Waals surface area contributed by atoms with Crippen molar-refractivity contribution < 1.29 is 0 Å². The standard InChI is InChI=1S/C12H14ClN3/c1-9-15-10(6-7-14)8-16(9)12-5-3-2-4-11(12)13/h2-5,8H,6-7,14H2,1H3. The van der Waals surface area contributed by atoms with E-state index < -0.39 is 0 Å². The molecule has 2 rings (SSSR count). The number of aromatic nitrogens is 2. The van der Waals surface area contributed by atoms with E-state index in [2.05, 4.69) is 4.98 Å². The normalized spacial score (nSPS) is 10.7. The number of para-hydroxylation sites is 1. The van der Waals surface area contributed by atoms with Crippen LogP contribution in [0.1, 0.15) is 11.5 Å². The summed E-state index contributed by atoms with van der Waals surface area (Å²) in [7, 11) is 0. The maximum atomic E-state index is 6.14. The highest BCUT2D eigenvalue weighted by Gasteiger charge is 2.07. The Morgan fingerprint density at radius 2 is 2.12 bits per heavy atom. The molecule has 84 valence electrons. The Balaban J connectivity index is 2.44. The number of rotatable bonds is 3. The Bertz CT molecular complexity index is 491. The van der Waals surface area contributed by atoms with Crippen LogP contribution in [-0.2, 0) is 6.42 Å². The van der Waals surface area contributed by atoms with Crippen LogP contribution in [-0.4, -0.2) is 16.1 Å². The van der Waals surface area contributed by atoms with E-state index in [0.717, 1.165) is 28.6 Å². The van der Waals surface area contributed by atoms with E-state index in [1.54, 1.807) is 0 Å². The molecule has 0 saturated heterocycles. The van der Waals surface area contributed by atoms with Crippen molar-refractivity contribution in [3.05, 3.63) is 47.0 Å². The van der Waals surface area contributed by atoms with Crippen LogP contribution in [0.3, 0.4) is 0 Å². The monoisotopic (exact) mass is 235 g/mol. The number of halogens is 1. The van der Waals surface area contributed by atoms with Gasteiger partial charge in [0.2, 0.25) is 0 Å². The molecule has 1 aromatic carbocycles. The van der Waals surface area contributed by atoms with E-state index in [1.165, 1.54) is 0 Å². The van der Waals surface area contributed by atoms with Crippen molar-refractivity contribution in [2.45, 2.75) is 13.3 Å². The van der Waals surface area contributed by atoms with Gasteiger partial charge in [0, 0.05) is 12.6 Å². The van der Waals surface area contributed by atoms with Crippen molar-refractivity contribution in [1.29, 1.82) is 0 Å². The van der Waals surface area contributed by atoms with Gasteiger partial charge in [0.15, 0.2) is 0 Å². The summed E-state index contributed by atoms with van der Waals surface area (Å²) in [4.78, 5) is 4.44. The number of benzene rings is 1. The minimum Gasteiger partial charge on any atom is -0.330 e. The van der Waals surface area contributed by atoms with Gasteiger partial charge in [-0.25, -0.2) is 4.98 Å².